The minimum absolute atomic E-state index is 0.350. The zero-order chi connectivity index (χ0) is 17.4. The maximum Gasteiger partial charge on any atom is 0.251 e. The molecule has 2 aliphatic rings. The van der Waals surface area contributed by atoms with Crippen molar-refractivity contribution < 1.29 is 4.79 Å². The van der Waals surface area contributed by atoms with Gasteiger partial charge in [-0.05, 0) is 23.3 Å². The van der Waals surface area contributed by atoms with Crippen molar-refractivity contribution in [1.82, 2.24) is 15.3 Å². The lowest BCUT2D eigenvalue weighted by atomic mass is 10.0. The molecule has 6 nitrogen and oxygen atoms in total. The van der Waals surface area contributed by atoms with Gasteiger partial charge >= 0.3 is 0 Å². The van der Waals surface area contributed by atoms with Crippen molar-refractivity contribution in [2.45, 2.75) is 18.9 Å². The third kappa shape index (κ3) is 3.22. The first-order valence-corrected chi connectivity index (χ1v) is 8.78. The maximum atomic E-state index is 11.1. The summed E-state index contributed by atoms with van der Waals surface area (Å²) in [5.74, 6) is 2.05. The Labute approximate surface area is 147 Å². The van der Waals surface area contributed by atoms with Gasteiger partial charge in [0.2, 0.25) is 5.95 Å². The van der Waals surface area contributed by atoms with Gasteiger partial charge < -0.3 is 16.0 Å². The number of primary amides is 1. The molecule has 1 aromatic heterocycles. The summed E-state index contributed by atoms with van der Waals surface area (Å²) < 4.78 is 0. The van der Waals surface area contributed by atoms with Crippen molar-refractivity contribution in [3.63, 3.8) is 0 Å². The molecule has 3 N–H and O–H groups in total. The summed E-state index contributed by atoms with van der Waals surface area (Å²) in [6, 6.07) is 11.2. The number of nitrogens with two attached hydrogens (primary N) is 1. The summed E-state index contributed by atoms with van der Waals surface area (Å²) >= 11 is 0. The molecule has 0 spiro atoms. The fourth-order valence-electron chi connectivity index (χ4n) is 3.82. The van der Waals surface area contributed by atoms with Crippen molar-refractivity contribution in [3.8, 4) is 0 Å². The maximum absolute atomic E-state index is 11.1. The van der Waals surface area contributed by atoms with Gasteiger partial charge in [0.05, 0.1) is 5.56 Å². The van der Waals surface area contributed by atoms with Gasteiger partial charge in [0.15, 0.2) is 0 Å². The number of anilines is 1. The Morgan fingerprint density at radius 3 is 2.48 bits per heavy atom. The number of piperidine rings is 1. The van der Waals surface area contributed by atoms with E-state index in [4.69, 9.17) is 5.73 Å². The third-order valence-corrected chi connectivity index (χ3v) is 5.43. The second-order valence-corrected chi connectivity index (χ2v) is 7.11. The largest absolute Gasteiger partial charge is 0.366 e. The molecule has 1 saturated heterocycles. The van der Waals surface area contributed by atoms with Gasteiger partial charge in [-0.25, -0.2) is 9.97 Å². The van der Waals surface area contributed by atoms with Crippen LogP contribution in [0.1, 0.15) is 28.8 Å². The topological polar surface area (TPSA) is 84.1 Å². The minimum atomic E-state index is -0.493. The van der Waals surface area contributed by atoms with Gasteiger partial charge in [-0.2, -0.15) is 0 Å². The van der Waals surface area contributed by atoms with Crippen molar-refractivity contribution in [1.29, 1.82) is 0 Å². The number of nitrogens with zero attached hydrogens (tertiary/aromatic N) is 3. The highest BCUT2D eigenvalue weighted by atomic mass is 16.1. The number of rotatable bonds is 6. The summed E-state index contributed by atoms with van der Waals surface area (Å²) in [6.07, 6.45) is 3.01. The fraction of sp³-hybridized carbons (Fsp3) is 0.421. The lowest BCUT2D eigenvalue weighted by molar-refractivity contribution is 0.0999. The summed E-state index contributed by atoms with van der Waals surface area (Å²) in [5.41, 5.74) is 6.95. The van der Waals surface area contributed by atoms with Crippen LogP contribution in [-0.4, -0.2) is 41.6 Å². The van der Waals surface area contributed by atoms with E-state index in [9.17, 15) is 4.79 Å². The van der Waals surface area contributed by atoms with Crippen LogP contribution >= 0.6 is 0 Å². The van der Waals surface area contributed by atoms with Crippen LogP contribution in [0.25, 0.3) is 0 Å². The van der Waals surface area contributed by atoms with Crippen LogP contribution in [-0.2, 0) is 0 Å². The van der Waals surface area contributed by atoms with Crippen LogP contribution in [0, 0.1) is 11.8 Å². The van der Waals surface area contributed by atoms with E-state index in [1.54, 1.807) is 0 Å². The molecule has 0 bridgehead atoms. The molecule has 4 rings (SSSR count). The number of nitrogens with one attached hydrogen (secondary N) is 1. The molecule has 2 heterocycles. The average Bonchev–Trinajstić information content (AvgIpc) is 3.09. The highest BCUT2D eigenvalue weighted by molar-refractivity contribution is 5.92. The molecule has 3 atom stereocenters. The molecule has 1 aliphatic carbocycles. The van der Waals surface area contributed by atoms with Crippen LogP contribution in [0.4, 0.5) is 5.95 Å². The Kier molecular flexibility index (Phi) is 4.13. The molecule has 2 fully saturated rings. The van der Waals surface area contributed by atoms with Gasteiger partial charge in [0.1, 0.15) is 0 Å². The monoisotopic (exact) mass is 337 g/mol. The zero-order valence-electron chi connectivity index (χ0n) is 14.3. The molecule has 25 heavy (non-hydrogen) atoms. The average molecular weight is 337 g/mol. The summed E-state index contributed by atoms with van der Waals surface area (Å²) in [6.45, 7) is 5.21. The van der Waals surface area contributed by atoms with Gasteiger partial charge in [-0.3, -0.25) is 4.79 Å². The number of benzene rings is 1. The van der Waals surface area contributed by atoms with Crippen molar-refractivity contribution in [3.05, 3.63) is 53.9 Å². The third-order valence-electron chi connectivity index (χ3n) is 5.43. The number of aromatic nitrogens is 2. The SMILES string of the molecule is CC(CNC1C2CN(c3ncc(C(N)=O)cn3)CC21)c1ccccc1. The van der Waals surface area contributed by atoms with E-state index in [1.165, 1.54) is 18.0 Å². The van der Waals surface area contributed by atoms with E-state index in [1.807, 2.05) is 0 Å². The summed E-state index contributed by atoms with van der Waals surface area (Å²) in [4.78, 5) is 21.8. The van der Waals surface area contributed by atoms with Crippen molar-refractivity contribution in [2.75, 3.05) is 24.5 Å². The second-order valence-electron chi connectivity index (χ2n) is 7.11. The zero-order valence-corrected chi connectivity index (χ0v) is 14.3. The first-order valence-electron chi connectivity index (χ1n) is 8.78. The molecule has 1 amide bonds. The summed E-state index contributed by atoms with van der Waals surface area (Å²) in [7, 11) is 0. The Morgan fingerprint density at radius 2 is 1.88 bits per heavy atom. The molecule has 1 aromatic carbocycles. The number of carbonyl (C=O) groups is 1. The lowest BCUT2D eigenvalue weighted by Crippen LogP contribution is -2.33. The Balaban J connectivity index is 1.27. The molecule has 6 heteroatoms. The highest BCUT2D eigenvalue weighted by Gasteiger charge is 2.55. The number of amides is 1. The van der Waals surface area contributed by atoms with E-state index in [0.717, 1.165) is 19.6 Å². The number of carbonyl (C=O) groups excluding carboxylic acids is 1. The standard InChI is InChI=1S/C19H23N5O/c1-12(13-5-3-2-4-6-13)7-21-17-15-10-24(11-16(15)17)19-22-8-14(9-23-19)18(20)25/h2-6,8-9,12,15-17,21H,7,10-11H2,1H3,(H2,20,25). The summed E-state index contributed by atoms with van der Waals surface area (Å²) in [5, 5.41) is 3.72. The number of fused-ring (bicyclic) bond motifs is 1. The first kappa shape index (κ1) is 16.0. The van der Waals surface area contributed by atoms with Crippen molar-refractivity contribution >= 4 is 11.9 Å². The Bertz CT molecular complexity index is 736. The van der Waals surface area contributed by atoms with E-state index in [0.29, 0.717) is 35.3 Å². The van der Waals surface area contributed by atoms with Crippen LogP contribution in [0.3, 0.4) is 0 Å². The fourth-order valence-corrected chi connectivity index (χ4v) is 3.82. The molecular formula is C19H23N5O. The molecule has 3 unspecified atom stereocenters. The Hall–Kier alpha value is -2.47. The van der Waals surface area contributed by atoms with E-state index in [-0.39, 0.29) is 0 Å². The van der Waals surface area contributed by atoms with E-state index in [2.05, 4.69) is 57.4 Å². The molecule has 2 aromatic rings. The number of hydrogen-bond acceptors (Lipinski definition) is 5. The first-order chi connectivity index (χ1) is 12.1. The van der Waals surface area contributed by atoms with Gasteiger partial charge in [-0.1, -0.05) is 37.3 Å². The molecule has 0 radical (unpaired) electrons. The molecule has 1 aliphatic heterocycles. The van der Waals surface area contributed by atoms with E-state index < -0.39 is 5.91 Å². The second kappa shape index (κ2) is 6.44. The normalized spacial score (nSPS) is 25.5. The van der Waals surface area contributed by atoms with Gasteiger partial charge in [0.25, 0.3) is 5.91 Å². The van der Waals surface area contributed by atoms with Crippen LogP contribution in [0.5, 0.6) is 0 Å². The smallest absolute Gasteiger partial charge is 0.251 e. The van der Waals surface area contributed by atoms with Crippen LogP contribution < -0.4 is 16.0 Å². The van der Waals surface area contributed by atoms with Gasteiger partial charge in [0, 0.05) is 38.1 Å². The van der Waals surface area contributed by atoms with Gasteiger partial charge in [-0.15, -0.1) is 0 Å². The lowest BCUT2D eigenvalue weighted by Gasteiger charge is -2.21. The molecular weight excluding hydrogens is 314 g/mol. The quantitative estimate of drug-likeness (QED) is 0.832. The van der Waals surface area contributed by atoms with Crippen molar-refractivity contribution in [2.24, 2.45) is 17.6 Å². The van der Waals surface area contributed by atoms with Crippen LogP contribution in [0.15, 0.2) is 42.7 Å². The predicted octanol–water partition coefficient (Wildman–Crippen LogP) is 1.40. The highest BCUT2D eigenvalue weighted by Crippen LogP contribution is 2.46. The minimum Gasteiger partial charge on any atom is -0.366 e. The molecule has 130 valence electrons. The Morgan fingerprint density at radius 1 is 1.24 bits per heavy atom. The number of hydrogen-bond donors (Lipinski definition) is 2. The van der Waals surface area contributed by atoms with Crippen LogP contribution in [0.2, 0.25) is 0 Å². The molecule has 1 saturated carbocycles. The predicted molar refractivity (Wildman–Crippen MR) is 96.4 cm³/mol. The van der Waals surface area contributed by atoms with E-state index >= 15 is 0 Å².